The highest BCUT2D eigenvalue weighted by molar-refractivity contribution is 8.00. The van der Waals surface area contributed by atoms with Crippen molar-refractivity contribution in [3.63, 3.8) is 0 Å². The first kappa shape index (κ1) is 18.1. The van der Waals surface area contributed by atoms with E-state index in [1.807, 2.05) is 85.8 Å². The van der Waals surface area contributed by atoms with E-state index >= 15 is 0 Å². The second-order valence-electron chi connectivity index (χ2n) is 6.02. The fraction of sp³-hybridized carbons (Fsp3) is 0.136. The molecule has 0 bridgehead atoms. The van der Waals surface area contributed by atoms with Crippen LogP contribution in [0.1, 0.15) is 11.1 Å². The molecular formula is C22H20O3S. The number of ether oxygens (including phenoxy) is 1. The van der Waals surface area contributed by atoms with E-state index in [2.05, 4.69) is 0 Å². The molecule has 1 atom stereocenters. The summed E-state index contributed by atoms with van der Waals surface area (Å²) in [6, 6.07) is 25.1. The number of carboxylic acids is 1. The molecule has 0 heterocycles. The Balaban J connectivity index is 1.65. The smallest absolute Gasteiger partial charge is 0.317 e. The summed E-state index contributed by atoms with van der Waals surface area (Å²) in [4.78, 5) is 12.6. The number of aliphatic carboxylic acids is 1. The van der Waals surface area contributed by atoms with Crippen molar-refractivity contribution in [2.45, 2.75) is 23.5 Å². The average Bonchev–Trinajstić information content (AvgIpc) is 2.65. The van der Waals surface area contributed by atoms with Crippen LogP contribution in [0.3, 0.4) is 0 Å². The lowest BCUT2D eigenvalue weighted by atomic mass is 10.1. The van der Waals surface area contributed by atoms with Crippen molar-refractivity contribution in [2.75, 3.05) is 0 Å². The van der Waals surface area contributed by atoms with Crippen molar-refractivity contribution in [1.82, 2.24) is 0 Å². The molecule has 3 aromatic carbocycles. The molecule has 4 heteroatoms. The van der Waals surface area contributed by atoms with E-state index in [-0.39, 0.29) is 0 Å². The van der Waals surface area contributed by atoms with Gasteiger partial charge in [-0.05, 0) is 55.3 Å². The molecule has 0 unspecified atom stereocenters. The second-order valence-corrected chi connectivity index (χ2v) is 7.30. The van der Waals surface area contributed by atoms with Gasteiger partial charge in [-0.3, -0.25) is 4.79 Å². The van der Waals surface area contributed by atoms with Gasteiger partial charge in [-0.2, -0.15) is 0 Å². The quantitative estimate of drug-likeness (QED) is 0.556. The van der Waals surface area contributed by atoms with E-state index in [0.29, 0.717) is 6.42 Å². The van der Waals surface area contributed by atoms with Gasteiger partial charge in [0.25, 0.3) is 0 Å². The number of aryl methyl sites for hydroxylation is 1. The van der Waals surface area contributed by atoms with Crippen molar-refractivity contribution < 1.29 is 14.6 Å². The van der Waals surface area contributed by atoms with E-state index in [9.17, 15) is 9.90 Å². The molecular weight excluding hydrogens is 344 g/mol. The Hall–Kier alpha value is -2.72. The molecule has 0 spiro atoms. The lowest BCUT2D eigenvalue weighted by Crippen LogP contribution is -2.19. The Morgan fingerprint density at radius 3 is 2.15 bits per heavy atom. The highest BCUT2D eigenvalue weighted by Crippen LogP contribution is 2.28. The third-order valence-corrected chi connectivity index (χ3v) is 5.10. The van der Waals surface area contributed by atoms with Gasteiger partial charge in [-0.25, -0.2) is 0 Å². The first-order valence-electron chi connectivity index (χ1n) is 8.38. The molecule has 0 aliphatic heterocycles. The van der Waals surface area contributed by atoms with Crippen LogP contribution < -0.4 is 4.74 Å². The Morgan fingerprint density at radius 1 is 0.923 bits per heavy atom. The molecule has 1 N–H and O–H groups in total. The first-order valence-corrected chi connectivity index (χ1v) is 9.26. The Labute approximate surface area is 157 Å². The van der Waals surface area contributed by atoms with Crippen LogP contribution in [0.15, 0.2) is 83.8 Å². The zero-order valence-electron chi connectivity index (χ0n) is 14.5. The summed E-state index contributed by atoms with van der Waals surface area (Å²) in [7, 11) is 0. The maximum Gasteiger partial charge on any atom is 0.317 e. The predicted octanol–water partition coefficient (Wildman–Crippen LogP) is 5.58. The summed E-state index contributed by atoms with van der Waals surface area (Å²) in [6.45, 7) is 2.02. The Kier molecular flexibility index (Phi) is 5.97. The van der Waals surface area contributed by atoms with Crippen LogP contribution in [0, 0.1) is 6.92 Å². The highest BCUT2D eigenvalue weighted by atomic mass is 32.2. The summed E-state index contributed by atoms with van der Waals surface area (Å²) in [5.41, 5.74) is 2.13. The molecule has 0 aromatic heterocycles. The lowest BCUT2D eigenvalue weighted by molar-refractivity contribution is -0.136. The van der Waals surface area contributed by atoms with Gasteiger partial charge >= 0.3 is 5.97 Å². The molecule has 0 fully saturated rings. The van der Waals surface area contributed by atoms with Gasteiger partial charge in [0.1, 0.15) is 16.7 Å². The fourth-order valence-corrected chi connectivity index (χ4v) is 3.49. The van der Waals surface area contributed by atoms with Crippen molar-refractivity contribution in [3.8, 4) is 11.5 Å². The van der Waals surface area contributed by atoms with Crippen molar-refractivity contribution >= 4 is 17.7 Å². The van der Waals surface area contributed by atoms with Gasteiger partial charge in [-0.15, -0.1) is 11.8 Å². The van der Waals surface area contributed by atoms with Gasteiger partial charge in [0, 0.05) is 4.90 Å². The monoisotopic (exact) mass is 364 g/mol. The number of thioether (sulfide) groups is 1. The summed E-state index contributed by atoms with van der Waals surface area (Å²) < 4.78 is 5.77. The summed E-state index contributed by atoms with van der Waals surface area (Å²) in [6.07, 6.45) is 0.458. The molecule has 0 saturated carbocycles. The molecule has 3 aromatic rings. The van der Waals surface area contributed by atoms with Gasteiger partial charge in [0.2, 0.25) is 0 Å². The number of carbonyl (C=O) groups is 1. The first-order chi connectivity index (χ1) is 12.6. The number of rotatable bonds is 7. The van der Waals surface area contributed by atoms with Crippen LogP contribution in [-0.2, 0) is 11.2 Å². The fourth-order valence-electron chi connectivity index (χ4n) is 2.49. The van der Waals surface area contributed by atoms with Gasteiger partial charge in [-0.1, -0.05) is 48.0 Å². The molecule has 3 rings (SSSR count). The van der Waals surface area contributed by atoms with Crippen LogP contribution in [0.25, 0.3) is 0 Å². The van der Waals surface area contributed by atoms with Crippen LogP contribution in [-0.4, -0.2) is 16.3 Å². The number of hydrogen-bond donors (Lipinski definition) is 1. The molecule has 0 amide bonds. The van der Waals surface area contributed by atoms with Crippen LogP contribution in [0.5, 0.6) is 11.5 Å². The SMILES string of the molecule is Cc1ccc(S[C@@H](Cc2ccc(Oc3ccccc3)cc2)C(=O)O)cc1. The predicted molar refractivity (Wildman–Crippen MR) is 105 cm³/mol. The summed E-state index contributed by atoms with van der Waals surface area (Å²) in [5.74, 6) is 0.705. The minimum Gasteiger partial charge on any atom is -0.480 e. The highest BCUT2D eigenvalue weighted by Gasteiger charge is 2.19. The molecule has 0 saturated heterocycles. The number of para-hydroxylation sites is 1. The number of hydrogen-bond acceptors (Lipinski definition) is 3. The van der Waals surface area contributed by atoms with Crippen molar-refractivity contribution in [2.24, 2.45) is 0 Å². The third kappa shape index (κ3) is 5.14. The standard InChI is InChI=1S/C22H20O3S/c1-16-7-13-20(14-8-16)26-21(22(23)24)15-17-9-11-19(12-10-17)25-18-5-3-2-4-6-18/h2-14,21H,15H2,1H3,(H,23,24)/t21-/m0/s1. The topological polar surface area (TPSA) is 46.5 Å². The zero-order valence-corrected chi connectivity index (χ0v) is 15.3. The number of benzene rings is 3. The van der Waals surface area contributed by atoms with Crippen LogP contribution in [0.4, 0.5) is 0 Å². The van der Waals surface area contributed by atoms with E-state index in [1.54, 1.807) is 0 Å². The number of carboxylic acid groups (broad SMARTS) is 1. The summed E-state index contributed by atoms with van der Waals surface area (Å²) in [5, 5.41) is 9.03. The molecule has 0 aliphatic carbocycles. The minimum absolute atomic E-state index is 0.458. The largest absolute Gasteiger partial charge is 0.480 e. The molecule has 0 aliphatic rings. The average molecular weight is 364 g/mol. The Bertz CT molecular complexity index is 843. The maximum atomic E-state index is 11.6. The van der Waals surface area contributed by atoms with E-state index in [0.717, 1.165) is 27.5 Å². The van der Waals surface area contributed by atoms with Gasteiger partial charge in [0.15, 0.2) is 0 Å². The van der Waals surface area contributed by atoms with Crippen LogP contribution >= 0.6 is 11.8 Å². The molecule has 26 heavy (non-hydrogen) atoms. The minimum atomic E-state index is -0.805. The lowest BCUT2D eigenvalue weighted by Gasteiger charge is -2.13. The van der Waals surface area contributed by atoms with E-state index < -0.39 is 11.2 Å². The summed E-state index contributed by atoms with van der Waals surface area (Å²) >= 11 is 1.38. The van der Waals surface area contributed by atoms with E-state index in [4.69, 9.17) is 4.74 Å². The Morgan fingerprint density at radius 2 is 1.54 bits per heavy atom. The van der Waals surface area contributed by atoms with Crippen molar-refractivity contribution in [3.05, 3.63) is 90.0 Å². The van der Waals surface area contributed by atoms with Crippen molar-refractivity contribution in [1.29, 1.82) is 0 Å². The zero-order chi connectivity index (χ0) is 18.4. The maximum absolute atomic E-state index is 11.6. The third-order valence-electron chi connectivity index (χ3n) is 3.90. The second kappa shape index (κ2) is 8.59. The molecule has 132 valence electrons. The molecule has 0 radical (unpaired) electrons. The van der Waals surface area contributed by atoms with E-state index in [1.165, 1.54) is 11.8 Å². The normalized spacial score (nSPS) is 11.7. The van der Waals surface area contributed by atoms with Crippen LogP contribution in [0.2, 0.25) is 0 Å². The van der Waals surface area contributed by atoms with Gasteiger partial charge < -0.3 is 9.84 Å². The molecule has 3 nitrogen and oxygen atoms in total. The van der Waals surface area contributed by atoms with Gasteiger partial charge in [0.05, 0.1) is 0 Å².